The van der Waals surface area contributed by atoms with Crippen LogP contribution in [-0.2, 0) is 24.6 Å². The average Bonchev–Trinajstić information content (AvgIpc) is 3.26. The van der Waals surface area contributed by atoms with E-state index in [1.54, 1.807) is 18.2 Å². The largest absolute Gasteiger partial charge is 0.469 e. The molecule has 230 valence electrons. The van der Waals surface area contributed by atoms with Crippen molar-refractivity contribution < 1.29 is 28.6 Å². The van der Waals surface area contributed by atoms with Gasteiger partial charge in [-0.1, -0.05) is 25.5 Å². The van der Waals surface area contributed by atoms with Gasteiger partial charge in [0.1, 0.15) is 0 Å². The molecule has 0 amide bonds. The lowest BCUT2D eigenvalue weighted by atomic mass is 9.78. The maximum Gasteiger partial charge on any atom is 0.340 e. The molecule has 1 spiro atoms. The Kier molecular flexibility index (Phi) is 6.92. The van der Waals surface area contributed by atoms with Crippen molar-refractivity contribution in [3.63, 3.8) is 0 Å². The molecule has 0 aliphatic carbocycles. The highest BCUT2D eigenvalue weighted by molar-refractivity contribution is 8.32. The Labute approximate surface area is 259 Å². The number of carbonyl (C=O) groups is 3. The Morgan fingerprint density at radius 2 is 1.59 bits per heavy atom. The Balaban J connectivity index is 1.39. The number of rotatable bonds is 7. The highest BCUT2D eigenvalue weighted by Gasteiger charge is 2.55. The van der Waals surface area contributed by atoms with Crippen LogP contribution in [0.25, 0.3) is 0 Å². The lowest BCUT2D eigenvalue weighted by Gasteiger charge is -2.48. The number of esters is 3. The van der Waals surface area contributed by atoms with Gasteiger partial charge >= 0.3 is 17.9 Å². The summed E-state index contributed by atoms with van der Waals surface area (Å²) in [5, 5.41) is 0. The van der Waals surface area contributed by atoms with Crippen molar-refractivity contribution in [3.05, 3.63) is 82.4 Å². The molecule has 4 aliphatic heterocycles. The second-order valence-electron chi connectivity index (χ2n) is 12.5. The molecule has 1 unspecified atom stereocenters. The third-order valence-electron chi connectivity index (χ3n) is 9.62. The van der Waals surface area contributed by atoms with Crippen LogP contribution in [0.15, 0.2) is 64.4 Å². The molecule has 0 saturated carbocycles. The van der Waals surface area contributed by atoms with Crippen molar-refractivity contribution in [2.75, 3.05) is 62.2 Å². The molecular formula is C35H38N2O6S. The van der Waals surface area contributed by atoms with Crippen molar-refractivity contribution in [1.82, 2.24) is 0 Å². The first-order valence-corrected chi connectivity index (χ1v) is 17.8. The first-order valence-electron chi connectivity index (χ1n) is 15.3. The number of unbranched alkanes of at least 4 members (excludes halogenated alkanes) is 1. The summed E-state index contributed by atoms with van der Waals surface area (Å²) in [6.45, 7) is 5.66. The van der Waals surface area contributed by atoms with Gasteiger partial charge in [0.2, 0.25) is 0 Å². The molecule has 3 aromatic rings. The predicted molar refractivity (Wildman–Crippen MR) is 170 cm³/mol. The minimum absolute atomic E-state index is 0.138. The maximum atomic E-state index is 13.6. The number of methoxy groups -OCH3 is 1. The van der Waals surface area contributed by atoms with E-state index in [2.05, 4.69) is 65.6 Å². The minimum atomic E-state index is -1.57. The van der Waals surface area contributed by atoms with Crippen LogP contribution in [0.3, 0.4) is 0 Å². The molecular weight excluding hydrogens is 576 g/mol. The van der Waals surface area contributed by atoms with E-state index in [-0.39, 0.29) is 11.9 Å². The highest BCUT2D eigenvalue weighted by Crippen LogP contribution is 2.69. The molecule has 8 nitrogen and oxygen atoms in total. The molecule has 2 saturated heterocycles. The Bertz CT molecular complexity index is 1690. The fraction of sp³-hybridized carbons (Fsp3) is 0.400. The summed E-state index contributed by atoms with van der Waals surface area (Å²) in [5.74, 6) is -1.13. The minimum Gasteiger partial charge on any atom is -0.469 e. The van der Waals surface area contributed by atoms with Crippen molar-refractivity contribution in [3.8, 4) is 0 Å². The smallest absolute Gasteiger partial charge is 0.340 e. The van der Waals surface area contributed by atoms with Gasteiger partial charge in [0.25, 0.3) is 0 Å². The van der Waals surface area contributed by atoms with Gasteiger partial charge in [-0.2, -0.15) is 10.0 Å². The SMILES string of the molecule is CCCCOC(=O)c1ccc2c(c1)C1(OC2=O)c2ccc(N3CCC3)cc2S(C)(C)c2cc(N3CC(C(=O)OC)C3)ccc21. The zero-order chi connectivity index (χ0) is 30.8. The quantitative estimate of drug-likeness (QED) is 0.190. The van der Waals surface area contributed by atoms with Crippen molar-refractivity contribution in [1.29, 1.82) is 0 Å². The summed E-state index contributed by atoms with van der Waals surface area (Å²) >= 11 is 0. The second-order valence-corrected chi connectivity index (χ2v) is 16.0. The Morgan fingerprint density at radius 1 is 0.932 bits per heavy atom. The normalized spacial score (nSPS) is 21.8. The summed E-state index contributed by atoms with van der Waals surface area (Å²) in [7, 11) is -0.140. The third-order valence-corrected chi connectivity index (χ3v) is 12.5. The molecule has 4 heterocycles. The number of hydrogen-bond acceptors (Lipinski definition) is 8. The van der Waals surface area contributed by atoms with E-state index in [1.165, 1.54) is 24.1 Å². The van der Waals surface area contributed by atoms with Gasteiger partial charge in [-0.05, 0) is 67.8 Å². The van der Waals surface area contributed by atoms with Crippen LogP contribution in [0.5, 0.6) is 0 Å². The molecule has 0 radical (unpaired) electrons. The van der Waals surface area contributed by atoms with Crippen LogP contribution in [0.4, 0.5) is 11.4 Å². The van der Waals surface area contributed by atoms with Gasteiger partial charge in [-0.3, -0.25) is 4.79 Å². The topological polar surface area (TPSA) is 85.4 Å². The van der Waals surface area contributed by atoms with Gasteiger partial charge in [0, 0.05) is 64.0 Å². The van der Waals surface area contributed by atoms with E-state index in [4.69, 9.17) is 14.2 Å². The number of anilines is 2. The van der Waals surface area contributed by atoms with E-state index in [0.717, 1.165) is 47.6 Å². The van der Waals surface area contributed by atoms with E-state index in [9.17, 15) is 14.4 Å². The number of fused-ring (bicyclic) bond motifs is 6. The van der Waals surface area contributed by atoms with E-state index in [0.29, 0.717) is 36.4 Å². The van der Waals surface area contributed by atoms with Gasteiger partial charge in [-0.15, -0.1) is 0 Å². The highest BCUT2D eigenvalue weighted by atomic mass is 32.3. The first-order chi connectivity index (χ1) is 21.2. The summed E-state index contributed by atoms with van der Waals surface area (Å²) < 4.78 is 17.0. The van der Waals surface area contributed by atoms with Crippen LogP contribution >= 0.6 is 10.0 Å². The van der Waals surface area contributed by atoms with Crippen LogP contribution in [0, 0.1) is 5.92 Å². The molecule has 9 heteroatoms. The molecule has 7 rings (SSSR count). The maximum absolute atomic E-state index is 13.6. The summed E-state index contributed by atoms with van der Waals surface area (Å²) in [4.78, 5) is 45.7. The molecule has 1 atom stereocenters. The predicted octanol–water partition coefficient (Wildman–Crippen LogP) is 5.72. The van der Waals surface area contributed by atoms with Gasteiger partial charge < -0.3 is 24.0 Å². The van der Waals surface area contributed by atoms with Crippen LogP contribution in [0.2, 0.25) is 0 Å². The lowest BCUT2D eigenvalue weighted by Crippen LogP contribution is -2.51. The van der Waals surface area contributed by atoms with Crippen LogP contribution in [-0.4, -0.2) is 70.3 Å². The number of benzene rings is 3. The average molecular weight is 615 g/mol. The van der Waals surface area contributed by atoms with Crippen LogP contribution < -0.4 is 9.80 Å². The third kappa shape index (κ3) is 4.23. The van der Waals surface area contributed by atoms with Crippen molar-refractivity contribution in [2.24, 2.45) is 5.92 Å². The Hall–Kier alpha value is -3.98. The van der Waals surface area contributed by atoms with Crippen LogP contribution in [0.1, 0.15) is 63.6 Å². The zero-order valence-corrected chi connectivity index (χ0v) is 26.5. The lowest BCUT2D eigenvalue weighted by molar-refractivity contribution is -0.146. The number of carbonyl (C=O) groups excluding carboxylic acids is 3. The standard InChI is InChI=1S/C35H38N2O6S/c1-5-6-16-42-33(39)22-8-11-26-29(17-22)35(43-34(26)40)27-12-9-24(36-14-7-15-36)18-30(27)44(3,4)31-19-25(10-13-28(31)35)37-20-23(21-37)32(38)41-2/h8-13,17-19,23H,5-7,14-16,20-21H2,1-4H3. The van der Waals surface area contributed by atoms with E-state index >= 15 is 0 Å². The summed E-state index contributed by atoms with van der Waals surface area (Å²) in [6.07, 6.45) is 7.49. The molecule has 0 bridgehead atoms. The van der Waals surface area contributed by atoms with Crippen molar-refractivity contribution >= 4 is 39.3 Å². The second kappa shape index (κ2) is 10.6. The molecule has 0 N–H and O–H groups in total. The molecule has 4 aliphatic rings. The molecule has 0 aromatic heterocycles. The monoisotopic (exact) mass is 614 g/mol. The number of nitrogens with zero attached hydrogens (tertiary/aromatic N) is 2. The number of hydrogen-bond donors (Lipinski definition) is 0. The van der Waals surface area contributed by atoms with Gasteiger partial charge in [0.05, 0.1) is 30.8 Å². The Morgan fingerprint density at radius 3 is 2.18 bits per heavy atom. The van der Waals surface area contributed by atoms with E-state index < -0.39 is 27.6 Å². The molecule has 3 aromatic carbocycles. The molecule has 2 fully saturated rings. The van der Waals surface area contributed by atoms with Gasteiger partial charge in [-0.25, -0.2) is 9.59 Å². The molecule has 44 heavy (non-hydrogen) atoms. The summed E-state index contributed by atoms with van der Waals surface area (Å²) in [5.41, 5.74) is 4.40. The fourth-order valence-corrected chi connectivity index (χ4v) is 9.46. The van der Waals surface area contributed by atoms with E-state index in [1.807, 2.05) is 0 Å². The first kappa shape index (κ1) is 28.8. The fourth-order valence-electron chi connectivity index (χ4n) is 6.87. The van der Waals surface area contributed by atoms with Gasteiger partial charge in [0.15, 0.2) is 5.60 Å². The summed E-state index contributed by atoms with van der Waals surface area (Å²) in [6, 6.07) is 18.0. The zero-order valence-electron chi connectivity index (χ0n) is 25.7. The van der Waals surface area contributed by atoms with Crippen molar-refractivity contribution in [2.45, 2.75) is 41.6 Å². The number of ether oxygens (including phenoxy) is 3.